The van der Waals surface area contributed by atoms with E-state index in [4.69, 9.17) is 39.5 Å². The van der Waals surface area contributed by atoms with E-state index in [-0.39, 0.29) is 25.0 Å². The van der Waals surface area contributed by atoms with E-state index in [2.05, 4.69) is 5.32 Å². The summed E-state index contributed by atoms with van der Waals surface area (Å²) in [6.07, 6.45) is 1.13. The van der Waals surface area contributed by atoms with Crippen molar-refractivity contribution in [3.05, 3.63) is 99.0 Å². The molecule has 0 heterocycles. The van der Waals surface area contributed by atoms with Crippen molar-refractivity contribution in [3.8, 4) is 5.75 Å². The number of carbonyl (C=O) groups is 2. The van der Waals surface area contributed by atoms with Crippen molar-refractivity contribution in [2.45, 2.75) is 32.4 Å². The summed E-state index contributed by atoms with van der Waals surface area (Å²) >= 11 is 18.2. The monoisotopic (exact) mass is 532 g/mol. The maximum Gasteiger partial charge on any atom is 0.261 e. The second kappa shape index (κ2) is 13.4. The number of benzene rings is 3. The first kappa shape index (κ1) is 26.9. The first-order chi connectivity index (χ1) is 16.9. The second-order valence-corrected chi connectivity index (χ2v) is 9.26. The van der Waals surface area contributed by atoms with Gasteiger partial charge in [0.05, 0.1) is 10.0 Å². The van der Waals surface area contributed by atoms with E-state index >= 15 is 0 Å². The maximum atomic E-state index is 13.5. The molecule has 0 saturated carbocycles. The van der Waals surface area contributed by atoms with Gasteiger partial charge in [0.2, 0.25) is 5.91 Å². The number of ether oxygens (including phenoxy) is 1. The molecule has 184 valence electrons. The smallest absolute Gasteiger partial charge is 0.261 e. The van der Waals surface area contributed by atoms with Crippen LogP contribution in [-0.2, 0) is 22.6 Å². The van der Waals surface area contributed by atoms with Crippen LogP contribution in [0.15, 0.2) is 72.8 Å². The van der Waals surface area contributed by atoms with Crippen LogP contribution in [0.3, 0.4) is 0 Å². The molecule has 8 heteroatoms. The molecule has 0 bridgehead atoms. The van der Waals surface area contributed by atoms with Crippen molar-refractivity contribution in [2.75, 3.05) is 13.2 Å². The topological polar surface area (TPSA) is 58.6 Å². The van der Waals surface area contributed by atoms with Gasteiger partial charge in [0.1, 0.15) is 11.8 Å². The number of carbonyl (C=O) groups excluding carboxylic acids is 2. The first-order valence-electron chi connectivity index (χ1n) is 11.3. The summed E-state index contributed by atoms with van der Waals surface area (Å²) in [5.41, 5.74) is 1.69. The summed E-state index contributed by atoms with van der Waals surface area (Å²) in [7, 11) is 0. The summed E-state index contributed by atoms with van der Waals surface area (Å²) in [6, 6.07) is 20.8. The fraction of sp³-hybridized carbons (Fsp3) is 0.259. The summed E-state index contributed by atoms with van der Waals surface area (Å²) < 4.78 is 5.72. The van der Waals surface area contributed by atoms with E-state index < -0.39 is 6.04 Å². The van der Waals surface area contributed by atoms with E-state index in [1.54, 1.807) is 42.5 Å². The molecule has 2 amide bonds. The molecule has 0 aliphatic rings. The number of hydrogen-bond donors (Lipinski definition) is 1. The third-order valence-corrected chi connectivity index (χ3v) is 6.32. The van der Waals surface area contributed by atoms with Crippen molar-refractivity contribution in [1.82, 2.24) is 10.2 Å². The Morgan fingerprint density at radius 3 is 2.29 bits per heavy atom. The molecule has 3 rings (SSSR count). The highest BCUT2D eigenvalue weighted by atomic mass is 35.5. The zero-order chi connectivity index (χ0) is 25.2. The third-order valence-electron chi connectivity index (χ3n) is 5.33. The van der Waals surface area contributed by atoms with Crippen LogP contribution in [0, 0.1) is 0 Å². The van der Waals surface area contributed by atoms with Gasteiger partial charge in [-0.2, -0.15) is 0 Å². The molecule has 35 heavy (non-hydrogen) atoms. The van der Waals surface area contributed by atoms with Crippen LogP contribution >= 0.6 is 34.8 Å². The Kier molecular flexibility index (Phi) is 10.3. The van der Waals surface area contributed by atoms with Crippen LogP contribution in [0.5, 0.6) is 5.75 Å². The van der Waals surface area contributed by atoms with Crippen molar-refractivity contribution < 1.29 is 14.3 Å². The van der Waals surface area contributed by atoms with Crippen molar-refractivity contribution in [2.24, 2.45) is 0 Å². The van der Waals surface area contributed by atoms with Gasteiger partial charge in [0.25, 0.3) is 5.91 Å². The molecule has 3 aromatic rings. The minimum atomic E-state index is -0.750. The lowest BCUT2D eigenvalue weighted by Crippen LogP contribution is -2.51. The van der Waals surface area contributed by atoms with Crippen molar-refractivity contribution in [3.63, 3.8) is 0 Å². The minimum Gasteiger partial charge on any atom is -0.484 e. The molecule has 1 N–H and O–H groups in total. The van der Waals surface area contributed by atoms with Gasteiger partial charge in [0, 0.05) is 24.5 Å². The zero-order valence-electron chi connectivity index (χ0n) is 19.3. The quantitative estimate of drug-likeness (QED) is 0.320. The van der Waals surface area contributed by atoms with E-state index in [9.17, 15) is 9.59 Å². The number of hydrogen-bond acceptors (Lipinski definition) is 3. The molecule has 0 saturated heterocycles. The standard InChI is InChI=1S/C27H27Cl3N2O3/c1-2-14-31-27(34)25(16-19-6-4-3-5-7-19)32(17-20-8-13-23(29)24(30)15-20)26(33)18-35-22-11-9-21(28)10-12-22/h3-13,15,25H,2,14,16-18H2,1H3,(H,31,34)/t25-/m0/s1. The number of halogens is 3. The average Bonchev–Trinajstić information content (AvgIpc) is 2.86. The van der Waals surface area contributed by atoms with Crippen LogP contribution in [0.1, 0.15) is 24.5 Å². The van der Waals surface area contributed by atoms with Gasteiger partial charge in [-0.3, -0.25) is 9.59 Å². The van der Waals surface area contributed by atoms with Gasteiger partial charge in [-0.05, 0) is 53.9 Å². The Labute approximate surface area is 220 Å². The predicted octanol–water partition coefficient (Wildman–Crippen LogP) is 6.19. The molecule has 3 aromatic carbocycles. The first-order valence-corrected chi connectivity index (χ1v) is 12.4. The minimum absolute atomic E-state index is 0.163. The number of amides is 2. The highest BCUT2D eigenvalue weighted by Crippen LogP contribution is 2.24. The molecule has 0 radical (unpaired) electrons. The molecular weight excluding hydrogens is 507 g/mol. The normalized spacial score (nSPS) is 11.5. The highest BCUT2D eigenvalue weighted by Gasteiger charge is 2.30. The van der Waals surface area contributed by atoms with E-state index in [0.717, 1.165) is 17.5 Å². The summed E-state index contributed by atoms with van der Waals surface area (Å²) in [5, 5.41) is 4.30. The van der Waals surface area contributed by atoms with Crippen LogP contribution < -0.4 is 10.1 Å². The molecule has 0 unspecified atom stereocenters. The molecule has 5 nitrogen and oxygen atoms in total. The highest BCUT2D eigenvalue weighted by molar-refractivity contribution is 6.42. The molecular formula is C27H27Cl3N2O3. The van der Waals surface area contributed by atoms with Crippen molar-refractivity contribution >= 4 is 46.6 Å². The Morgan fingerprint density at radius 1 is 0.914 bits per heavy atom. The summed E-state index contributed by atoms with van der Waals surface area (Å²) in [5.74, 6) is -0.0542. The SMILES string of the molecule is CCCNC(=O)[C@H](Cc1ccccc1)N(Cc1ccc(Cl)c(Cl)c1)C(=O)COc1ccc(Cl)cc1. The third kappa shape index (κ3) is 8.17. The lowest BCUT2D eigenvalue weighted by molar-refractivity contribution is -0.142. The van der Waals surface area contributed by atoms with Gasteiger partial charge in [0.15, 0.2) is 6.61 Å². The average molecular weight is 534 g/mol. The summed E-state index contributed by atoms with van der Waals surface area (Å²) in [4.78, 5) is 28.3. The molecule has 1 atom stereocenters. The fourth-order valence-electron chi connectivity index (χ4n) is 3.51. The van der Waals surface area contributed by atoms with Crippen molar-refractivity contribution in [1.29, 1.82) is 0 Å². The number of nitrogens with one attached hydrogen (secondary N) is 1. The Balaban J connectivity index is 1.90. The second-order valence-electron chi connectivity index (χ2n) is 8.01. The van der Waals surface area contributed by atoms with Crippen LogP contribution in [0.25, 0.3) is 0 Å². The fourth-order valence-corrected chi connectivity index (χ4v) is 3.96. The Bertz CT molecular complexity index is 1120. The van der Waals surface area contributed by atoms with Gasteiger partial charge >= 0.3 is 0 Å². The van der Waals surface area contributed by atoms with E-state index in [1.165, 1.54) is 4.90 Å². The van der Waals surface area contributed by atoms with Gasteiger partial charge < -0.3 is 15.0 Å². The molecule has 0 fully saturated rings. The Hall–Kier alpha value is -2.73. The van der Waals surface area contributed by atoms with Crippen LogP contribution in [0.4, 0.5) is 0 Å². The predicted molar refractivity (Wildman–Crippen MR) is 141 cm³/mol. The van der Waals surface area contributed by atoms with E-state index in [0.29, 0.717) is 33.8 Å². The van der Waals surface area contributed by atoms with E-state index in [1.807, 2.05) is 37.3 Å². The molecule has 0 spiro atoms. The number of nitrogens with zero attached hydrogens (tertiary/aromatic N) is 1. The number of rotatable bonds is 11. The zero-order valence-corrected chi connectivity index (χ0v) is 21.6. The lowest BCUT2D eigenvalue weighted by Gasteiger charge is -2.31. The van der Waals surface area contributed by atoms with Gasteiger partial charge in [-0.1, -0.05) is 78.1 Å². The Morgan fingerprint density at radius 2 is 1.63 bits per heavy atom. The summed E-state index contributed by atoms with van der Waals surface area (Å²) in [6.45, 7) is 2.41. The largest absolute Gasteiger partial charge is 0.484 e. The molecule has 0 aromatic heterocycles. The molecule has 0 aliphatic carbocycles. The molecule has 0 aliphatic heterocycles. The van der Waals surface area contributed by atoms with Gasteiger partial charge in [-0.25, -0.2) is 0 Å². The van der Waals surface area contributed by atoms with Crippen LogP contribution in [0.2, 0.25) is 15.1 Å². The van der Waals surface area contributed by atoms with Crippen LogP contribution in [-0.4, -0.2) is 35.9 Å². The van der Waals surface area contributed by atoms with Gasteiger partial charge in [-0.15, -0.1) is 0 Å². The lowest BCUT2D eigenvalue weighted by atomic mass is 10.0. The maximum absolute atomic E-state index is 13.5.